The molecule has 0 radical (unpaired) electrons. The molecular weight excluding hydrogens is 430 g/mol. The van der Waals surface area contributed by atoms with E-state index in [1.165, 1.54) is 4.90 Å². The Hall–Kier alpha value is -3.20. The highest BCUT2D eigenvalue weighted by Crippen LogP contribution is 2.32. The molecule has 0 saturated heterocycles. The van der Waals surface area contributed by atoms with Crippen LogP contribution in [-0.2, 0) is 19.1 Å². The van der Waals surface area contributed by atoms with Gasteiger partial charge in [0.15, 0.2) is 6.61 Å². The van der Waals surface area contributed by atoms with Crippen molar-refractivity contribution in [3.05, 3.63) is 40.8 Å². The van der Waals surface area contributed by atoms with Crippen molar-refractivity contribution in [2.24, 2.45) is 5.41 Å². The lowest BCUT2D eigenvalue weighted by Gasteiger charge is -2.27. The quantitative estimate of drug-likeness (QED) is 0.676. The highest BCUT2D eigenvalue weighted by atomic mass is 32.1. The molecule has 1 unspecified atom stereocenters. The molecule has 1 aromatic heterocycles. The van der Waals surface area contributed by atoms with Crippen LogP contribution in [0.1, 0.15) is 49.4 Å². The molecule has 0 saturated carbocycles. The number of benzene rings is 1. The van der Waals surface area contributed by atoms with Crippen LogP contribution in [0.4, 0.5) is 16.4 Å². The second-order valence-electron chi connectivity index (χ2n) is 8.79. The highest BCUT2D eigenvalue weighted by molar-refractivity contribution is 7.18. The van der Waals surface area contributed by atoms with Gasteiger partial charge in [-0.25, -0.2) is 4.79 Å². The van der Waals surface area contributed by atoms with Crippen molar-refractivity contribution in [1.82, 2.24) is 0 Å². The van der Waals surface area contributed by atoms with Gasteiger partial charge in [0.1, 0.15) is 4.88 Å². The number of amides is 3. The van der Waals surface area contributed by atoms with Crippen LogP contribution in [0, 0.1) is 12.3 Å². The molecule has 9 heteroatoms. The number of rotatable bonds is 4. The zero-order chi connectivity index (χ0) is 23.6. The lowest BCUT2D eigenvalue weighted by Crippen LogP contribution is -2.41. The highest BCUT2D eigenvalue weighted by Gasteiger charge is 2.30. The molecule has 8 nitrogen and oxygen atoms in total. The first-order valence-corrected chi connectivity index (χ1v) is 11.1. The lowest BCUT2D eigenvalue weighted by atomic mass is 9.96. The molecule has 2 aromatic rings. The summed E-state index contributed by atoms with van der Waals surface area (Å²) in [5.41, 5.74) is 1.18. The molecule has 2 heterocycles. The molecule has 1 aromatic carbocycles. The van der Waals surface area contributed by atoms with E-state index >= 15 is 0 Å². The van der Waals surface area contributed by atoms with Gasteiger partial charge in [-0.05, 0) is 37.6 Å². The second kappa shape index (κ2) is 9.12. The fraction of sp³-hybridized carbons (Fsp3) is 0.391. The Kier molecular flexibility index (Phi) is 6.68. The number of hydrogen-bond donors (Lipinski definition) is 2. The van der Waals surface area contributed by atoms with E-state index in [0.717, 1.165) is 11.3 Å². The van der Waals surface area contributed by atoms with Crippen molar-refractivity contribution in [3.8, 4) is 0 Å². The first kappa shape index (κ1) is 23.5. The Bertz CT molecular complexity index is 1070. The molecule has 3 rings (SSSR count). The van der Waals surface area contributed by atoms with E-state index < -0.39 is 29.9 Å². The van der Waals surface area contributed by atoms with Crippen molar-refractivity contribution in [2.45, 2.75) is 47.1 Å². The first-order valence-electron chi connectivity index (χ1n) is 10.3. The molecule has 1 aliphatic heterocycles. The summed E-state index contributed by atoms with van der Waals surface area (Å²) in [6.07, 6.45) is 0.134. The third-order valence-corrected chi connectivity index (χ3v) is 6.11. The fourth-order valence-corrected chi connectivity index (χ4v) is 4.24. The number of nitrogens with one attached hydrogen (secondary N) is 2. The Balaban J connectivity index is 1.71. The average molecular weight is 458 g/mol. The molecule has 32 heavy (non-hydrogen) atoms. The van der Waals surface area contributed by atoms with Crippen molar-refractivity contribution < 1.29 is 23.9 Å². The van der Waals surface area contributed by atoms with Gasteiger partial charge in [-0.2, -0.15) is 0 Å². The van der Waals surface area contributed by atoms with Gasteiger partial charge in [0.2, 0.25) is 11.8 Å². The van der Waals surface area contributed by atoms with Gasteiger partial charge in [0.05, 0.1) is 16.4 Å². The van der Waals surface area contributed by atoms with Gasteiger partial charge in [-0.15, -0.1) is 11.3 Å². The first-order chi connectivity index (χ1) is 15.0. The van der Waals surface area contributed by atoms with E-state index in [0.29, 0.717) is 26.8 Å². The molecule has 0 bridgehead atoms. The summed E-state index contributed by atoms with van der Waals surface area (Å²) in [5.74, 6) is -1.41. The molecule has 0 aliphatic carbocycles. The Morgan fingerprint density at radius 1 is 1.25 bits per heavy atom. The number of fused-ring (bicyclic) bond motifs is 1. The molecule has 3 amide bonds. The SMILES string of the molecule is Cc1cc(NC(=O)C(C)(C)C)sc1C(=O)OCC(=O)N1c2ccccc2NC(=O)CC1C. The van der Waals surface area contributed by atoms with Crippen LogP contribution >= 0.6 is 11.3 Å². The number of carbonyl (C=O) groups excluding carboxylic acids is 4. The van der Waals surface area contributed by atoms with Crippen LogP contribution in [0.25, 0.3) is 0 Å². The minimum Gasteiger partial charge on any atom is -0.451 e. The maximum Gasteiger partial charge on any atom is 0.349 e. The lowest BCUT2D eigenvalue weighted by molar-refractivity contribution is -0.123. The van der Waals surface area contributed by atoms with Crippen molar-refractivity contribution in [1.29, 1.82) is 0 Å². The molecule has 0 spiro atoms. The molecule has 1 atom stereocenters. The summed E-state index contributed by atoms with van der Waals surface area (Å²) in [4.78, 5) is 51.7. The molecule has 2 N–H and O–H groups in total. The minimum absolute atomic E-state index is 0.134. The van der Waals surface area contributed by atoms with Gasteiger partial charge in [-0.1, -0.05) is 32.9 Å². The number of hydrogen-bond acceptors (Lipinski definition) is 6. The largest absolute Gasteiger partial charge is 0.451 e. The monoisotopic (exact) mass is 457 g/mol. The van der Waals surface area contributed by atoms with Crippen LogP contribution in [0.2, 0.25) is 0 Å². The summed E-state index contributed by atoms with van der Waals surface area (Å²) in [7, 11) is 0. The molecule has 1 aliphatic rings. The van der Waals surface area contributed by atoms with E-state index in [4.69, 9.17) is 4.74 Å². The van der Waals surface area contributed by atoms with Crippen LogP contribution in [0.3, 0.4) is 0 Å². The number of anilines is 3. The van der Waals surface area contributed by atoms with E-state index in [9.17, 15) is 19.2 Å². The molecule has 170 valence electrons. The average Bonchev–Trinajstić information content (AvgIpc) is 3.00. The Morgan fingerprint density at radius 3 is 2.62 bits per heavy atom. The van der Waals surface area contributed by atoms with Gasteiger partial charge in [-0.3, -0.25) is 14.4 Å². The van der Waals surface area contributed by atoms with E-state index in [1.807, 2.05) is 0 Å². The number of carbonyl (C=O) groups is 4. The van der Waals surface area contributed by atoms with E-state index in [-0.39, 0.29) is 18.2 Å². The summed E-state index contributed by atoms with van der Waals surface area (Å²) in [6, 6.07) is 8.32. The normalized spacial score (nSPS) is 16.0. The van der Waals surface area contributed by atoms with Gasteiger partial charge in [0, 0.05) is 17.9 Å². The number of ether oxygens (including phenoxy) is 1. The Morgan fingerprint density at radius 2 is 1.94 bits per heavy atom. The summed E-state index contributed by atoms with van der Waals surface area (Å²) in [5, 5.41) is 6.13. The van der Waals surface area contributed by atoms with Gasteiger partial charge >= 0.3 is 5.97 Å². The van der Waals surface area contributed by atoms with Gasteiger partial charge in [0.25, 0.3) is 5.91 Å². The fourth-order valence-electron chi connectivity index (χ4n) is 3.28. The zero-order valence-corrected chi connectivity index (χ0v) is 19.6. The number of esters is 1. The van der Waals surface area contributed by atoms with E-state index in [2.05, 4.69) is 10.6 Å². The summed E-state index contributed by atoms with van der Waals surface area (Å²) >= 11 is 1.11. The van der Waals surface area contributed by atoms with Crippen molar-refractivity contribution in [2.75, 3.05) is 22.1 Å². The maximum atomic E-state index is 13.0. The molecular formula is C23H27N3O5S. The van der Waals surface area contributed by atoms with E-state index in [1.54, 1.807) is 65.0 Å². The zero-order valence-electron chi connectivity index (χ0n) is 18.8. The second-order valence-corrected chi connectivity index (χ2v) is 9.84. The Labute approximate surface area is 190 Å². The third kappa shape index (κ3) is 5.16. The smallest absolute Gasteiger partial charge is 0.349 e. The van der Waals surface area contributed by atoms with Gasteiger partial charge < -0.3 is 20.3 Å². The third-order valence-electron chi connectivity index (χ3n) is 4.98. The predicted octanol–water partition coefficient (Wildman–Crippen LogP) is 3.96. The van der Waals surface area contributed by atoms with Crippen LogP contribution < -0.4 is 15.5 Å². The van der Waals surface area contributed by atoms with Crippen molar-refractivity contribution in [3.63, 3.8) is 0 Å². The van der Waals surface area contributed by atoms with Crippen molar-refractivity contribution >= 4 is 51.4 Å². The minimum atomic E-state index is -0.637. The van der Waals surface area contributed by atoms with Crippen LogP contribution in [-0.4, -0.2) is 36.3 Å². The topological polar surface area (TPSA) is 105 Å². The number of nitrogens with zero attached hydrogens (tertiary/aromatic N) is 1. The number of para-hydroxylation sites is 2. The van der Waals surface area contributed by atoms with Crippen LogP contribution in [0.5, 0.6) is 0 Å². The van der Waals surface area contributed by atoms with Crippen LogP contribution in [0.15, 0.2) is 30.3 Å². The maximum absolute atomic E-state index is 13.0. The summed E-state index contributed by atoms with van der Waals surface area (Å²) in [6.45, 7) is 8.45. The number of thiophene rings is 1. The number of aryl methyl sites for hydroxylation is 1. The molecule has 0 fully saturated rings. The summed E-state index contributed by atoms with van der Waals surface area (Å²) < 4.78 is 5.30. The standard InChI is InChI=1S/C23H27N3O5S/c1-13-10-18(25-22(30)23(3,4)5)32-20(13)21(29)31-12-19(28)26-14(2)11-17(27)24-15-8-6-7-9-16(15)26/h6-10,14H,11-12H2,1-5H3,(H,24,27)(H,25,30). The predicted molar refractivity (Wildman–Crippen MR) is 124 cm³/mol.